The van der Waals surface area contributed by atoms with E-state index in [2.05, 4.69) is 17.2 Å². The Kier molecular flexibility index (Phi) is 6.86. The van der Waals surface area contributed by atoms with E-state index in [1.807, 2.05) is 88.0 Å². The van der Waals surface area contributed by atoms with Gasteiger partial charge in [0, 0.05) is 40.5 Å². The fraction of sp³-hybridized carbons (Fsp3) is 0.233. The fourth-order valence-corrected chi connectivity index (χ4v) is 5.88. The van der Waals surface area contributed by atoms with E-state index in [-0.39, 0.29) is 0 Å². The number of carbonyl (C=O) groups is 1. The Hall–Kier alpha value is -3.52. The van der Waals surface area contributed by atoms with Crippen molar-refractivity contribution in [1.82, 2.24) is 14.8 Å². The monoisotopic (exact) mass is 545 g/mol. The van der Waals surface area contributed by atoms with Crippen LogP contribution in [-0.2, 0) is 16.6 Å². The van der Waals surface area contributed by atoms with Gasteiger partial charge < -0.3 is 9.84 Å². The van der Waals surface area contributed by atoms with Gasteiger partial charge >= 0.3 is 5.97 Å². The number of aryl methyl sites for hydroxylation is 2. The van der Waals surface area contributed by atoms with E-state index in [0.29, 0.717) is 10.6 Å². The maximum Gasteiger partial charge on any atom is 0.337 e. The molecule has 0 saturated heterocycles. The van der Waals surface area contributed by atoms with Gasteiger partial charge in [-0.05, 0) is 69.2 Å². The van der Waals surface area contributed by atoms with E-state index in [0.717, 1.165) is 48.7 Å². The number of nitrogens with zero attached hydrogens (tertiary/aromatic N) is 3. The SMILES string of the molecule is Cc1cc2nc(-c3cccc(-c4ccnn4C)c3)sc2c(-c2ccc(Cl)cc2)c1C(OC(C)(C)C)C(=O)O. The third kappa shape index (κ3) is 5.10. The minimum Gasteiger partial charge on any atom is -0.479 e. The van der Waals surface area contributed by atoms with Crippen molar-refractivity contribution >= 4 is 39.1 Å². The Bertz CT molecular complexity index is 1650. The number of aliphatic carboxylic acids is 1. The number of ether oxygens (including phenoxy) is 1. The van der Waals surface area contributed by atoms with Crippen LogP contribution in [0.3, 0.4) is 0 Å². The Balaban J connectivity index is 1.75. The maximum atomic E-state index is 12.5. The molecule has 0 fully saturated rings. The summed E-state index contributed by atoms with van der Waals surface area (Å²) in [5.74, 6) is -1.04. The van der Waals surface area contributed by atoms with Gasteiger partial charge in [0.15, 0.2) is 6.10 Å². The molecule has 0 radical (unpaired) electrons. The lowest BCUT2D eigenvalue weighted by atomic mass is 9.91. The summed E-state index contributed by atoms with van der Waals surface area (Å²) in [4.78, 5) is 17.5. The molecule has 2 aromatic heterocycles. The third-order valence-electron chi connectivity index (χ3n) is 6.24. The molecule has 6 nitrogen and oxygen atoms in total. The van der Waals surface area contributed by atoms with Crippen LogP contribution < -0.4 is 0 Å². The fourth-order valence-electron chi connectivity index (χ4n) is 4.63. The van der Waals surface area contributed by atoms with Crippen LogP contribution in [0, 0.1) is 6.92 Å². The maximum absolute atomic E-state index is 12.5. The number of fused-ring (bicyclic) bond motifs is 1. The van der Waals surface area contributed by atoms with Crippen molar-refractivity contribution in [2.24, 2.45) is 7.05 Å². The highest BCUT2D eigenvalue weighted by Crippen LogP contribution is 2.44. The Labute approximate surface area is 230 Å². The molecule has 1 N–H and O–H groups in total. The molecule has 38 heavy (non-hydrogen) atoms. The van der Waals surface area contributed by atoms with Crippen LogP contribution in [0.5, 0.6) is 0 Å². The average Bonchev–Trinajstić information content (AvgIpc) is 3.48. The highest BCUT2D eigenvalue weighted by atomic mass is 35.5. The van der Waals surface area contributed by atoms with Gasteiger partial charge in [0.05, 0.1) is 21.5 Å². The van der Waals surface area contributed by atoms with Gasteiger partial charge in [-0.15, -0.1) is 11.3 Å². The second kappa shape index (κ2) is 9.98. The molecule has 0 amide bonds. The van der Waals surface area contributed by atoms with Crippen LogP contribution in [0.4, 0.5) is 0 Å². The summed E-state index contributed by atoms with van der Waals surface area (Å²) in [6.45, 7) is 7.49. The van der Waals surface area contributed by atoms with Crippen molar-refractivity contribution in [3.05, 3.63) is 83.0 Å². The van der Waals surface area contributed by atoms with Crippen LogP contribution in [0.2, 0.25) is 5.02 Å². The van der Waals surface area contributed by atoms with E-state index in [9.17, 15) is 9.90 Å². The average molecular weight is 546 g/mol. The predicted molar refractivity (Wildman–Crippen MR) is 154 cm³/mol. The lowest BCUT2D eigenvalue weighted by molar-refractivity contribution is -0.160. The highest BCUT2D eigenvalue weighted by Gasteiger charge is 2.32. The van der Waals surface area contributed by atoms with E-state index in [1.165, 1.54) is 0 Å². The zero-order chi connectivity index (χ0) is 27.2. The van der Waals surface area contributed by atoms with Crippen molar-refractivity contribution in [1.29, 1.82) is 0 Å². The predicted octanol–water partition coefficient (Wildman–Crippen LogP) is 7.93. The summed E-state index contributed by atoms with van der Waals surface area (Å²) in [6, 6.07) is 19.6. The lowest BCUT2D eigenvalue weighted by Gasteiger charge is -2.28. The van der Waals surface area contributed by atoms with Crippen LogP contribution in [0.15, 0.2) is 66.9 Å². The van der Waals surface area contributed by atoms with Crippen LogP contribution >= 0.6 is 22.9 Å². The van der Waals surface area contributed by atoms with Crippen LogP contribution in [0.25, 0.3) is 43.2 Å². The molecule has 3 aromatic carbocycles. The zero-order valence-corrected chi connectivity index (χ0v) is 23.4. The number of carboxylic acids is 1. The lowest BCUT2D eigenvalue weighted by Crippen LogP contribution is -2.28. The molecule has 0 aliphatic rings. The molecule has 0 spiro atoms. The number of thiazole rings is 1. The molecule has 5 rings (SSSR count). The van der Waals surface area contributed by atoms with Gasteiger partial charge in [-0.25, -0.2) is 9.78 Å². The molecule has 0 aliphatic heterocycles. The summed E-state index contributed by atoms with van der Waals surface area (Å²) in [5.41, 5.74) is 6.28. The molecular formula is C30H28ClN3O3S. The number of benzene rings is 3. The summed E-state index contributed by atoms with van der Waals surface area (Å²) in [5, 5.41) is 16.0. The number of halogens is 1. The Morgan fingerprint density at radius 3 is 2.39 bits per heavy atom. The topological polar surface area (TPSA) is 77.2 Å². The Morgan fingerprint density at radius 2 is 1.76 bits per heavy atom. The van der Waals surface area contributed by atoms with E-state index >= 15 is 0 Å². The second-order valence-corrected chi connectivity index (χ2v) is 11.7. The summed E-state index contributed by atoms with van der Waals surface area (Å²) < 4.78 is 8.85. The van der Waals surface area contributed by atoms with Crippen molar-refractivity contribution in [2.45, 2.75) is 39.4 Å². The third-order valence-corrected chi connectivity index (χ3v) is 7.63. The standard InChI is InChI=1S/C30H28ClN3O3S/c1-17-15-22-27(38-28(33-22)20-8-6-7-19(16-20)23-13-14-32-34(23)5)25(18-9-11-21(31)12-10-18)24(17)26(29(35)36)37-30(2,3)4/h6-16,26H,1-5H3,(H,35,36). The van der Waals surface area contributed by atoms with Crippen molar-refractivity contribution in [3.63, 3.8) is 0 Å². The number of hydrogen-bond donors (Lipinski definition) is 1. The van der Waals surface area contributed by atoms with Gasteiger partial charge in [-0.3, -0.25) is 4.68 Å². The van der Waals surface area contributed by atoms with E-state index in [4.69, 9.17) is 21.3 Å². The second-order valence-electron chi connectivity index (χ2n) is 10.2. The van der Waals surface area contributed by atoms with Crippen LogP contribution in [-0.4, -0.2) is 31.4 Å². The molecule has 194 valence electrons. The number of aromatic nitrogens is 3. The van der Waals surface area contributed by atoms with Crippen LogP contribution in [0.1, 0.15) is 38.0 Å². The largest absolute Gasteiger partial charge is 0.479 e. The first-order valence-electron chi connectivity index (χ1n) is 12.2. The van der Waals surface area contributed by atoms with Gasteiger partial charge in [0.1, 0.15) is 5.01 Å². The quantitative estimate of drug-likeness (QED) is 0.234. The number of carboxylic acid groups (broad SMARTS) is 1. The molecule has 5 aromatic rings. The van der Waals surface area contributed by atoms with Crippen molar-refractivity contribution < 1.29 is 14.6 Å². The zero-order valence-electron chi connectivity index (χ0n) is 21.8. The molecule has 1 unspecified atom stereocenters. The molecular weight excluding hydrogens is 518 g/mol. The molecule has 0 bridgehead atoms. The highest BCUT2D eigenvalue weighted by molar-refractivity contribution is 7.22. The van der Waals surface area contributed by atoms with Gasteiger partial charge in [-0.1, -0.05) is 41.9 Å². The first kappa shape index (κ1) is 26.1. The molecule has 8 heteroatoms. The minimum atomic E-state index is -1.15. The summed E-state index contributed by atoms with van der Waals surface area (Å²) in [6.07, 6.45) is 0.629. The van der Waals surface area contributed by atoms with Crippen molar-refractivity contribution in [2.75, 3.05) is 0 Å². The van der Waals surface area contributed by atoms with Gasteiger partial charge in [0.25, 0.3) is 0 Å². The van der Waals surface area contributed by atoms with E-state index < -0.39 is 17.7 Å². The number of hydrogen-bond acceptors (Lipinski definition) is 5. The van der Waals surface area contributed by atoms with Gasteiger partial charge in [0.2, 0.25) is 0 Å². The molecule has 0 saturated carbocycles. The van der Waals surface area contributed by atoms with E-state index in [1.54, 1.807) is 17.5 Å². The van der Waals surface area contributed by atoms with Gasteiger partial charge in [-0.2, -0.15) is 5.10 Å². The first-order valence-corrected chi connectivity index (χ1v) is 13.4. The number of rotatable bonds is 6. The minimum absolute atomic E-state index is 0.608. The smallest absolute Gasteiger partial charge is 0.337 e. The summed E-state index contributed by atoms with van der Waals surface area (Å²) in [7, 11) is 1.92. The molecule has 1 atom stereocenters. The van der Waals surface area contributed by atoms with Crippen molar-refractivity contribution in [3.8, 4) is 33.0 Å². The first-order chi connectivity index (χ1) is 18.0. The normalized spacial score (nSPS) is 12.7. The summed E-state index contributed by atoms with van der Waals surface area (Å²) >= 11 is 7.75. The Morgan fingerprint density at radius 1 is 1.05 bits per heavy atom. The molecule has 2 heterocycles. The molecule has 0 aliphatic carbocycles.